The van der Waals surface area contributed by atoms with E-state index in [1.807, 2.05) is 25.1 Å². The van der Waals surface area contributed by atoms with Gasteiger partial charge in [-0.05, 0) is 25.5 Å². The number of nitrogens with zero attached hydrogens (tertiary/aromatic N) is 1. The van der Waals surface area contributed by atoms with Gasteiger partial charge in [-0.25, -0.2) is 0 Å². The summed E-state index contributed by atoms with van der Waals surface area (Å²) in [5.74, 6) is 0.937. The zero-order valence-corrected chi connectivity index (χ0v) is 11.5. The maximum Gasteiger partial charge on any atom is 0.142 e. The molecule has 100 valence electrons. The van der Waals surface area contributed by atoms with Crippen molar-refractivity contribution >= 4 is 5.69 Å². The Morgan fingerprint density at radius 1 is 1.39 bits per heavy atom. The Morgan fingerprint density at radius 3 is 2.78 bits per heavy atom. The van der Waals surface area contributed by atoms with Crippen molar-refractivity contribution in [2.24, 2.45) is 5.41 Å². The minimum Gasteiger partial charge on any atom is -0.492 e. The van der Waals surface area contributed by atoms with Crippen LogP contribution >= 0.6 is 0 Å². The SMILES string of the molecule is CCOc1ccccc1N1CCC(O)C(C)(C)C1. The van der Waals surface area contributed by atoms with Crippen LogP contribution < -0.4 is 9.64 Å². The first-order valence-electron chi connectivity index (χ1n) is 6.69. The van der Waals surface area contributed by atoms with Crippen LogP contribution in [0.25, 0.3) is 0 Å². The van der Waals surface area contributed by atoms with E-state index in [1.54, 1.807) is 0 Å². The maximum atomic E-state index is 10.0. The molecule has 1 N–H and O–H groups in total. The van der Waals surface area contributed by atoms with Crippen molar-refractivity contribution in [3.05, 3.63) is 24.3 Å². The molecule has 3 heteroatoms. The van der Waals surface area contributed by atoms with Gasteiger partial charge in [0.15, 0.2) is 0 Å². The van der Waals surface area contributed by atoms with Gasteiger partial charge in [-0.1, -0.05) is 26.0 Å². The van der Waals surface area contributed by atoms with Gasteiger partial charge in [0.2, 0.25) is 0 Å². The minimum atomic E-state index is -0.215. The van der Waals surface area contributed by atoms with Crippen LogP contribution in [0.4, 0.5) is 5.69 Å². The van der Waals surface area contributed by atoms with Crippen molar-refractivity contribution in [1.82, 2.24) is 0 Å². The largest absolute Gasteiger partial charge is 0.492 e. The number of piperidine rings is 1. The normalized spacial score (nSPS) is 22.9. The molecule has 1 unspecified atom stereocenters. The van der Waals surface area contributed by atoms with E-state index < -0.39 is 0 Å². The Labute approximate surface area is 109 Å². The smallest absolute Gasteiger partial charge is 0.142 e. The maximum absolute atomic E-state index is 10.0. The van der Waals surface area contributed by atoms with Crippen molar-refractivity contribution in [2.75, 3.05) is 24.6 Å². The van der Waals surface area contributed by atoms with Crippen molar-refractivity contribution in [1.29, 1.82) is 0 Å². The van der Waals surface area contributed by atoms with E-state index >= 15 is 0 Å². The first-order chi connectivity index (χ1) is 8.54. The highest BCUT2D eigenvalue weighted by atomic mass is 16.5. The van der Waals surface area contributed by atoms with Gasteiger partial charge in [-0.3, -0.25) is 0 Å². The second kappa shape index (κ2) is 5.19. The van der Waals surface area contributed by atoms with Crippen molar-refractivity contribution in [2.45, 2.75) is 33.3 Å². The fourth-order valence-electron chi connectivity index (χ4n) is 2.55. The number of anilines is 1. The fourth-order valence-corrected chi connectivity index (χ4v) is 2.55. The lowest BCUT2D eigenvalue weighted by molar-refractivity contribution is 0.0335. The zero-order chi connectivity index (χ0) is 13.2. The fraction of sp³-hybridized carbons (Fsp3) is 0.600. The van der Waals surface area contributed by atoms with E-state index in [9.17, 15) is 5.11 Å². The van der Waals surface area contributed by atoms with E-state index in [0.717, 1.165) is 30.9 Å². The molecule has 0 spiro atoms. The molecule has 1 aliphatic rings. The predicted molar refractivity (Wildman–Crippen MR) is 74.2 cm³/mol. The molecule has 1 atom stereocenters. The Morgan fingerprint density at radius 2 is 2.11 bits per heavy atom. The Balaban J connectivity index is 2.22. The standard InChI is InChI=1S/C15H23NO2/c1-4-18-13-8-6-5-7-12(13)16-10-9-14(17)15(2,3)11-16/h5-8,14,17H,4,9-11H2,1-3H3. The number of hydrogen-bond donors (Lipinski definition) is 1. The number of ether oxygens (including phenoxy) is 1. The van der Waals surface area contributed by atoms with Crippen LogP contribution in [-0.2, 0) is 0 Å². The lowest BCUT2D eigenvalue weighted by Gasteiger charge is -2.43. The molecule has 3 nitrogen and oxygen atoms in total. The molecule has 0 radical (unpaired) electrons. The molecule has 1 heterocycles. The lowest BCUT2D eigenvalue weighted by atomic mass is 9.81. The average molecular weight is 249 g/mol. The molecule has 0 bridgehead atoms. The van der Waals surface area contributed by atoms with Gasteiger partial charge in [0, 0.05) is 18.5 Å². The third-order valence-electron chi connectivity index (χ3n) is 3.68. The topological polar surface area (TPSA) is 32.7 Å². The molecule has 0 aliphatic carbocycles. The van der Waals surface area contributed by atoms with E-state index in [0.29, 0.717) is 6.61 Å². The Bertz CT molecular complexity index is 403. The van der Waals surface area contributed by atoms with Gasteiger partial charge in [-0.2, -0.15) is 0 Å². The summed E-state index contributed by atoms with van der Waals surface area (Å²) in [5.41, 5.74) is 1.07. The third kappa shape index (κ3) is 2.61. The Kier molecular flexibility index (Phi) is 3.81. The second-order valence-corrected chi connectivity index (χ2v) is 5.62. The van der Waals surface area contributed by atoms with E-state index in [-0.39, 0.29) is 11.5 Å². The summed E-state index contributed by atoms with van der Waals surface area (Å²) in [7, 11) is 0. The molecule has 1 aromatic rings. The quantitative estimate of drug-likeness (QED) is 0.894. The van der Waals surface area contributed by atoms with Crippen molar-refractivity contribution in [3.8, 4) is 5.75 Å². The monoisotopic (exact) mass is 249 g/mol. The first-order valence-corrected chi connectivity index (χ1v) is 6.69. The van der Waals surface area contributed by atoms with E-state index in [4.69, 9.17) is 4.74 Å². The van der Waals surface area contributed by atoms with Crippen LogP contribution in [0.3, 0.4) is 0 Å². The molecule has 0 saturated carbocycles. The van der Waals surface area contributed by atoms with Gasteiger partial charge < -0.3 is 14.7 Å². The second-order valence-electron chi connectivity index (χ2n) is 5.62. The van der Waals surface area contributed by atoms with Crippen LogP contribution in [0.15, 0.2) is 24.3 Å². The van der Waals surface area contributed by atoms with Gasteiger partial charge in [0.05, 0.1) is 18.4 Å². The van der Waals surface area contributed by atoms with Crippen LogP contribution in [0.2, 0.25) is 0 Å². The molecule has 0 amide bonds. The highest BCUT2D eigenvalue weighted by molar-refractivity contribution is 5.59. The molecular weight excluding hydrogens is 226 g/mol. The predicted octanol–water partition coefficient (Wildman–Crippen LogP) is 2.68. The minimum absolute atomic E-state index is 0.0718. The molecule has 1 aromatic carbocycles. The van der Waals surface area contributed by atoms with Gasteiger partial charge in [0.25, 0.3) is 0 Å². The molecule has 1 aliphatic heterocycles. The summed E-state index contributed by atoms with van der Waals surface area (Å²) in [4.78, 5) is 2.32. The summed E-state index contributed by atoms with van der Waals surface area (Å²) in [6, 6.07) is 8.14. The molecule has 1 saturated heterocycles. The number of aliphatic hydroxyl groups excluding tert-OH is 1. The Hall–Kier alpha value is -1.22. The average Bonchev–Trinajstić information content (AvgIpc) is 2.34. The highest BCUT2D eigenvalue weighted by Gasteiger charge is 2.35. The van der Waals surface area contributed by atoms with Crippen LogP contribution in [0, 0.1) is 5.41 Å². The summed E-state index contributed by atoms with van der Waals surface area (Å²) in [6.07, 6.45) is 0.598. The lowest BCUT2D eigenvalue weighted by Crippen LogP contribution is -2.48. The summed E-state index contributed by atoms with van der Waals surface area (Å²) >= 11 is 0. The third-order valence-corrected chi connectivity index (χ3v) is 3.68. The highest BCUT2D eigenvalue weighted by Crippen LogP contribution is 2.36. The van der Waals surface area contributed by atoms with Crippen LogP contribution in [0.5, 0.6) is 5.75 Å². The first kappa shape index (κ1) is 13.2. The molecule has 18 heavy (non-hydrogen) atoms. The van der Waals surface area contributed by atoms with Crippen molar-refractivity contribution in [3.63, 3.8) is 0 Å². The number of para-hydroxylation sites is 2. The molecular formula is C15H23NO2. The van der Waals surface area contributed by atoms with Gasteiger partial charge >= 0.3 is 0 Å². The summed E-state index contributed by atoms with van der Waals surface area (Å²) in [5, 5.41) is 10.0. The molecule has 1 fully saturated rings. The van der Waals surface area contributed by atoms with E-state index in [2.05, 4.69) is 24.8 Å². The van der Waals surface area contributed by atoms with Gasteiger partial charge in [0.1, 0.15) is 5.75 Å². The number of rotatable bonds is 3. The molecule has 2 rings (SSSR count). The summed E-state index contributed by atoms with van der Waals surface area (Å²) < 4.78 is 5.68. The van der Waals surface area contributed by atoms with Crippen molar-refractivity contribution < 1.29 is 9.84 Å². The number of aliphatic hydroxyl groups is 1. The number of hydrogen-bond acceptors (Lipinski definition) is 3. The van der Waals surface area contributed by atoms with Gasteiger partial charge in [-0.15, -0.1) is 0 Å². The van der Waals surface area contributed by atoms with E-state index in [1.165, 1.54) is 0 Å². The van der Waals surface area contributed by atoms with Crippen LogP contribution in [-0.4, -0.2) is 30.9 Å². The molecule has 0 aromatic heterocycles. The van der Waals surface area contributed by atoms with Crippen LogP contribution in [0.1, 0.15) is 27.2 Å². The zero-order valence-electron chi connectivity index (χ0n) is 11.5. The summed E-state index contributed by atoms with van der Waals surface area (Å²) in [6.45, 7) is 8.66. The number of benzene rings is 1.